The van der Waals surface area contributed by atoms with Gasteiger partial charge in [0, 0.05) is 36.9 Å². The molecule has 0 radical (unpaired) electrons. The van der Waals surface area contributed by atoms with Crippen LogP contribution in [0.1, 0.15) is 28.5 Å². The first kappa shape index (κ1) is 25.6. The molecule has 0 spiro atoms. The van der Waals surface area contributed by atoms with E-state index in [-0.39, 0.29) is 53.1 Å². The van der Waals surface area contributed by atoms with Crippen molar-refractivity contribution < 1.29 is 22.4 Å². The largest absolute Gasteiger partial charge is 0.435 e. The van der Waals surface area contributed by atoms with Crippen molar-refractivity contribution in [2.24, 2.45) is 5.73 Å². The number of fused-ring (bicyclic) bond motifs is 1. The second-order valence-corrected chi connectivity index (χ2v) is 8.24. The normalized spacial score (nSPS) is 12.4. The van der Waals surface area contributed by atoms with Gasteiger partial charge in [-0.3, -0.25) is 13.9 Å². The predicted molar refractivity (Wildman–Crippen MR) is 125 cm³/mol. The van der Waals surface area contributed by atoms with E-state index >= 15 is 0 Å². The number of rotatable bonds is 7. The molecular weight excluding hydrogens is 494 g/mol. The number of benzene rings is 1. The molecule has 0 unspecified atom stereocenters. The zero-order chi connectivity index (χ0) is 26.9. The summed E-state index contributed by atoms with van der Waals surface area (Å²) in [5.74, 6) is -1.24. The fourth-order valence-electron chi connectivity index (χ4n) is 3.77. The van der Waals surface area contributed by atoms with Crippen LogP contribution in [0.4, 0.5) is 29.1 Å². The minimum atomic E-state index is -4.76. The first-order chi connectivity index (χ1) is 17.5. The van der Waals surface area contributed by atoms with Crippen LogP contribution in [-0.2, 0) is 12.7 Å². The van der Waals surface area contributed by atoms with Crippen LogP contribution < -0.4 is 16.4 Å². The first-order valence-corrected chi connectivity index (χ1v) is 11.0. The molecule has 14 heteroatoms. The van der Waals surface area contributed by atoms with Crippen molar-refractivity contribution in [1.29, 1.82) is 5.26 Å². The maximum atomic E-state index is 14.9. The molecule has 10 nitrogen and oxygen atoms in total. The van der Waals surface area contributed by atoms with E-state index in [0.29, 0.717) is 5.56 Å². The highest BCUT2D eigenvalue weighted by Gasteiger charge is 2.38. The van der Waals surface area contributed by atoms with E-state index in [4.69, 9.17) is 11.0 Å². The van der Waals surface area contributed by atoms with Crippen LogP contribution in [-0.4, -0.2) is 42.6 Å². The number of alkyl halides is 3. The number of hydrogen-bond acceptors (Lipinski definition) is 7. The summed E-state index contributed by atoms with van der Waals surface area (Å²) in [5, 5.41) is 17.9. The molecule has 0 bridgehead atoms. The standard InChI is InChI=1S/C23H21F4N9O/c1-12-7-14(8-16(24)18(12)22(37)32-13(2)9-29)33-20-21-31-10-17(36(21)6-4-30-20)15-11-35(5-3-28)34-19(15)23(25,26)27/h4,6-8,10-11,13H,5,9,29H2,1-2H3,(H,30,33)(H,32,37)/t13-/m1/s1. The van der Waals surface area contributed by atoms with Gasteiger partial charge in [0.25, 0.3) is 5.91 Å². The van der Waals surface area contributed by atoms with Gasteiger partial charge in [0.1, 0.15) is 12.4 Å². The number of nitrogens with one attached hydrogen (secondary N) is 2. The Kier molecular flexibility index (Phi) is 6.82. The number of nitriles is 1. The third kappa shape index (κ3) is 5.07. The van der Waals surface area contributed by atoms with Crippen LogP contribution in [0.25, 0.3) is 16.9 Å². The van der Waals surface area contributed by atoms with Crippen LogP contribution in [0, 0.1) is 24.1 Å². The lowest BCUT2D eigenvalue weighted by Crippen LogP contribution is -2.38. The van der Waals surface area contributed by atoms with Gasteiger partial charge in [-0.1, -0.05) is 0 Å². The molecule has 0 aliphatic rings. The second-order valence-electron chi connectivity index (χ2n) is 8.24. The Morgan fingerprint density at radius 3 is 2.70 bits per heavy atom. The Balaban J connectivity index is 1.71. The van der Waals surface area contributed by atoms with E-state index in [9.17, 15) is 22.4 Å². The Labute approximate surface area is 207 Å². The molecule has 1 amide bonds. The third-order valence-electron chi connectivity index (χ3n) is 5.48. The van der Waals surface area contributed by atoms with Crippen molar-refractivity contribution in [2.45, 2.75) is 32.6 Å². The molecule has 4 N–H and O–H groups in total. The van der Waals surface area contributed by atoms with Crippen molar-refractivity contribution in [3.05, 3.63) is 59.6 Å². The van der Waals surface area contributed by atoms with Crippen LogP contribution in [0.15, 0.2) is 36.9 Å². The Bertz CT molecular complexity index is 1490. The first-order valence-electron chi connectivity index (χ1n) is 11.0. The molecule has 0 aliphatic heterocycles. The van der Waals surface area contributed by atoms with Crippen molar-refractivity contribution >= 4 is 23.1 Å². The van der Waals surface area contributed by atoms with E-state index in [1.54, 1.807) is 19.9 Å². The minimum absolute atomic E-state index is 0.0698. The van der Waals surface area contributed by atoms with E-state index in [1.165, 1.54) is 29.1 Å². The summed E-state index contributed by atoms with van der Waals surface area (Å²) in [7, 11) is 0. The zero-order valence-corrected chi connectivity index (χ0v) is 19.6. The van der Waals surface area contributed by atoms with Crippen LogP contribution in [0.3, 0.4) is 0 Å². The van der Waals surface area contributed by atoms with Crippen LogP contribution in [0.2, 0.25) is 0 Å². The number of halogens is 4. The molecule has 3 aromatic heterocycles. The van der Waals surface area contributed by atoms with Crippen molar-refractivity contribution in [3.63, 3.8) is 0 Å². The van der Waals surface area contributed by atoms with Gasteiger partial charge >= 0.3 is 6.18 Å². The van der Waals surface area contributed by atoms with Gasteiger partial charge in [0.05, 0.1) is 29.1 Å². The maximum Gasteiger partial charge on any atom is 0.435 e. The molecule has 37 heavy (non-hydrogen) atoms. The summed E-state index contributed by atoms with van der Waals surface area (Å²) in [4.78, 5) is 20.8. The molecule has 3 heterocycles. The van der Waals surface area contributed by atoms with E-state index in [0.717, 1.165) is 16.9 Å². The molecule has 1 aromatic carbocycles. The summed E-state index contributed by atoms with van der Waals surface area (Å²) in [6, 6.07) is 4.06. The zero-order valence-electron chi connectivity index (χ0n) is 19.6. The number of carbonyl (C=O) groups excluding carboxylic acids is 1. The van der Waals surface area contributed by atoms with E-state index in [1.807, 2.05) is 0 Å². The van der Waals surface area contributed by atoms with E-state index in [2.05, 4.69) is 25.7 Å². The lowest BCUT2D eigenvalue weighted by Gasteiger charge is -2.15. The van der Waals surface area contributed by atoms with E-state index < -0.39 is 23.6 Å². The molecule has 0 saturated heterocycles. The van der Waals surface area contributed by atoms with Crippen molar-refractivity contribution in [1.82, 2.24) is 29.5 Å². The number of hydrogen-bond donors (Lipinski definition) is 3. The Hall–Kier alpha value is -4.51. The van der Waals surface area contributed by atoms with Gasteiger partial charge in [-0.25, -0.2) is 14.4 Å². The smallest absolute Gasteiger partial charge is 0.348 e. The molecule has 0 saturated carbocycles. The minimum Gasteiger partial charge on any atom is -0.348 e. The Morgan fingerprint density at radius 1 is 1.30 bits per heavy atom. The summed E-state index contributed by atoms with van der Waals surface area (Å²) in [6.07, 6.45) is 0.342. The quantitative estimate of drug-likeness (QED) is 0.321. The third-order valence-corrected chi connectivity index (χ3v) is 5.48. The van der Waals surface area contributed by atoms with Crippen molar-refractivity contribution in [3.8, 4) is 17.3 Å². The van der Waals surface area contributed by atoms with Gasteiger partial charge in [-0.2, -0.15) is 23.5 Å². The van der Waals surface area contributed by atoms with Gasteiger partial charge in [0.2, 0.25) is 0 Å². The molecule has 4 rings (SSSR count). The highest BCUT2D eigenvalue weighted by Crippen LogP contribution is 2.37. The number of anilines is 2. The predicted octanol–water partition coefficient (Wildman–Crippen LogP) is 3.40. The monoisotopic (exact) mass is 515 g/mol. The summed E-state index contributed by atoms with van der Waals surface area (Å²) in [5.41, 5.74) is 4.78. The number of imidazole rings is 1. The van der Waals surface area contributed by atoms with Gasteiger partial charge < -0.3 is 16.4 Å². The highest BCUT2D eigenvalue weighted by atomic mass is 19.4. The fraction of sp³-hybridized carbons (Fsp3) is 0.261. The molecule has 1 atom stereocenters. The average molecular weight is 515 g/mol. The topological polar surface area (TPSA) is 139 Å². The SMILES string of the molecule is Cc1cc(Nc2nccn3c(-c4cn(CC#N)nc4C(F)(F)F)cnc23)cc(F)c1C(=O)N[C@H](C)CN. The van der Waals surface area contributed by atoms with Gasteiger partial charge in [0.15, 0.2) is 17.2 Å². The summed E-state index contributed by atoms with van der Waals surface area (Å²) in [6.45, 7) is 3.09. The lowest BCUT2D eigenvalue weighted by molar-refractivity contribution is -0.141. The molecule has 192 valence electrons. The molecule has 0 fully saturated rings. The summed E-state index contributed by atoms with van der Waals surface area (Å²) < 4.78 is 58.0. The molecule has 0 aliphatic carbocycles. The fourth-order valence-corrected chi connectivity index (χ4v) is 3.77. The highest BCUT2D eigenvalue weighted by molar-refractivity contribution is 5.96. The molecule has 4 aromatic rings. The number of aromatic nitrogens is 5. The van der Waals surface area contributed by atoms with Crippen LogP contribution in [0.5, 0.6) is 0 Å². The average Bonchev–Trinajstić information content (AvgIpc) is 3.43. The van der Waals surface area contributed by atoms with Crippen molar-refractivity contribution in [2.75, 3.05) is 11.9 Å². The lowest BCUT2D eigenvalue weighted by atomic mass is 10.1. The van der Waals surface area contributed by atoms with Crippen LogP contribution >= 0.6 is 0 Å². The van der Waals surface area contributed by atoms with Gasteiger partial charge in [-0.05, 0) is 31.5 Å². The molecular formula is C23H21F4N9O. The number of nitrogens with zero attached hydrogens (tertiary/aromatic N) is 6. The number of aryl methyl sites for hydroxylation is 1. The number of amides is 1. The summed E-state index contributed by atoms with van der Waals surface area (Å²) >= 11 is 0. The number of carbonyl (C=O) groups is 1. The Morgan fingerprint density at radius 2 is 2.05 bits per heavy atom. The maximum absolute atomic E-state index is 14.9. The second kappa shape index (κ2) is 9.86. The number of nitrogens with two attached hydrogens (primary N) is 1. The van der Waals surface area contributed by atoms with Gasteiger partial charge in [-0.15, -0.1) is 0 Å².